The maximum Gasteiger partial charge on any atom is 0.175 e. The predicted molar refractivity (Wildman–Crippen MR) is 95.1 cm³/mol. The molecule has 132 valence electrons. The number of nitrogens with zero attached hydrogens (tertiary/aromatic N) is 9. The molecule has 0 N–H and O–H groups in total. The molecule has 0 spiro atoms. The molecule has 0 saturated carbocycles. The molecule has 2 saturated heterocycles. The van der Waals surface area contributed by atoms with Gasteiger partial charge in [-0.05, 0) is 6.92 Å². The van der Waals surface area contributed by atoms with Crippen LogP contribution in [0.4, 0.5) is 11.6 Å². The minimum absolute atomic E-state index is 0.613. The Morgan fingerprint density at radius 1 is 0.846 bits per heavy atom. The molecular formula is C17H19N9. The third kappa shape index (κ3) is 2.65. The van der Waals surface area contributed by atoms with E-state index in [0.29, 0.717) is 17.7 Å². The molecule has 26 heavy (non-hydrogen) atoms. The summed E-state index contributed by atoms with van der Waals surface area (Å²) in [6.07, 6.45) is 8.31. The molecular weight excluding hydrogens is 330 g/mol. The smallest absolute Gasteiger partial charge is 0.175 e. The first-order valence-corrected chi connectivity index (χ1v) is 8.72. The number of hydrogen-bond acceptors (Lipinski definition) is 8. The molecule has 5 rings (SSSR count). The quantitative estimate of drug-likeness (QED) is 0.684. The zero-order valence-electron chi connectivity index (χ0n) is 14.5. The Kier molecular flexibility index (Phi) is 3.51. The average molecular weight is 349 g/mol. The van der Waals surface area contributed by atoms with Crippen molar-refractivity contribution < 1.29 is 0 Å². The molecule has 0 amide bonds. The number of aromatic nitrogens is 7. The van der Waals surface area contributed by atoms with E-state index >= 15 is 0 Å². The molecule has 0 aliphatic carbocycles. The molecule has 0 radical (unpaired) electrons. The fraction of sp³-hybridized carbons (Fsp3) is 0.412. The van der Waals surface area contributed by atoms with Crippen molar-refractivity contribution >= 4 is 11.6 Å². The van der Waals surface area contributed by atoms with E-state index in [2.05, 4.69) is 40.9 Å². The molecule has 0 aromatic carbocycles. The number of fused-ring (bicyclic) bond motifs is 1. The van der Waals surface area contributed by atoms with E-state index in [9.17, 15) is 0 Å². The van der Waals surface area contributed by atoms with Crippen molar-refractivity contribution in [3.05, 3.63) is 43.1 Å². The maximum absolute atomic E-state index is 4.70. The van der Waals surface area contributed by atoms with Crippen LogP contribution in [0.15, 0.2) is 37.4 Å². The van der Waals surface area contributed by atoms with Crippen molar-refractivity contribution in [2.75, 3.05) is 36.0 Å². The molecule has 9 nitrogen and oxygen atoms in total. The fourth-order valence-electron chi connectivity index (χ4n) is 3.92. The van der Waals surface area contributed by atoms with E-state index in [1.54, 1.807) is 23.5 Å². The highest BCUT2D eigenvalue weighted by Crippen LogP contribution is 2.35. The molecule has 0 bridgehead atoms. The second-order valence-corrected chi connectivity index (χ2v) is 6.92. The third-order valence-corrected chi connectivity index (χ3v) is 5.19. The summed E-state index contributed by atoms with van der Waals surface area (Å²) in [7, 11) is 0. The Hall–Kier alpha value is -3.10. The summed E-state index contributed by atoms with van der Waals surface area (Å²) < 4.78 is 1.63. The van der Waals surface area contributed by atoms with E-state index in [0.717, 1.165) is 43.5 Å². The van der Waals surface area contributed by atoms with Crippen molar-refractivity contribution in [2.24, 2.45) is 11.8 Å². The highest BCUT2D eigenvalue weighted by atomic mass is 15.4. The van der Waals surface area contributed by atoms with Crippen LogP contribution >= 0.6 is 0 Å². The number of rotatable bonds is 3. The van der Waals surface area contributed by atoms with Crippen molar-refractivity contribution in [3.63, 3.8) is 0 Å². The Morgan fingerprint density at radius 2 is 1.58 bits per heavy atom. The summed E-state index contributed by atoms with van der Waals surface area (Å²) in [6, 6.07) is 2.06. The lowest BCUT2D eigenvalue weighted by atomic mass is 10.0. The van der Waals surface area contributed by atoms with Crippen LogP contribution in [0.2, 0.25) is 0 Å². The summed E-state index contributed by atoms with van der Waals surface area (Å²) in [6.45, 7) is 6.02. The van der Waals surface area contributed by atoms with Gasteiger partial charge in [0.25, 0.3) is 0 Å². The van der Waals surface area contributed by atoms with Crippen LogP contribution in [-0.4, -0.2) is 60.9 Å². The monoisotopic (exact) mass is 349 g/mol. The Balaban J connectivity index is 1.31. The van der Waals surface area contributed by atoms with Gasteiger partial charge in [-0.25, -0.2) is 24.6 Å². The summed E-state index contributed by atoms with van der Waals surface area (Å²) >= 11 is 0. The summed E-state index contributed by atoms with van der Waals surface area (Å²) in [4.78, 5) is 26.3. The second kappa shape index (κ2) is 6.01. The minimum Gasteiger partial charge on any atom is -0.356 e. The van der Waals surface area contributed by atoms with Crippen molar-refractivity contribution in [2.45, 2.75) is 6.92 Å². The standard InChI is InChI=1S/C17H19N9/c1-12-2-15(21-10-20-12)24-5-13-7-25(8-14(13)6-24)16-3-18-4-17(23-16)26-11-19-9-22-26/h2-4,9-11,13-14H,5-8H2,1H3. The fourth-order valence-corrected chi connectivity index (χ4v) is 3.92. The largest absolute Gasteiger partial charge is 0.356 e. The van der Waals surface area contributed by atoms with Crippen LogP contribution in [0, 0.1) is 18.8 Å². The molecule has 9 heteroatoms. The minimum atomic E-state index is 0.613. The first-order valence-electron chi connectivity index (χ1n) is 8.72. The van der Waals surface area contributed by atoms with Crippen LogP contribution < -0.4 is 9.80 Å². The van der Waals surface area contributed by atoms with Gasteiger partial charge in [-0.1, -0.05) is 0 Å². The van der Waals surface area contributed by atoms with Crippen LogP contribution in [0.3, 0.4) is 0 Å². The van der Waals surface area contributed by atoms with Gasteiger partial charge in [-0.2, -0.15) is 5.10 Å². The molecule has 2 aliphatic rings. The summed E-state index contributed by atoms with van der Waals surface area (Å²) in [5, 5.41) is 4.13. The first-order chi connectivity index (χ1) is 12.8. The van der Waals surface area contributed by atoms with Crippen molar-refractivity contribution in [1.82, 2.24) is 34.7 Å². The second-order valence-electron chi connectivity index (χ2n) is 6.92. The lowest BCUT2D eigenvalue weighted by Crippen LogP contribution is -2.30. The molecule has 3 aromatic heterocycles. The zero-order chi connectivity index (χ0) is 17.5. The lowest BCUT2D eigenvalue weighted by Gasteiger charge is -2.23. The molecule has 2 aliphatic heterocycles. The van der Waals surface area contributed by atoms with E-state index in [1.165, 1.54) is 6.33 Å². The van der Waals surface area contributed by atoms with Gasteiger partial charge in [0.1, 0.15) is 30.6 Å². The van der Waals surface area contributed by atoms with Gasteiger partial charge in [-0.3, -0.25) is 4.98 Å². The zero-order valence-corrected chi connectivity index (χ0v) is 14.5. The van der Waals surface area contributed by atoms with Gasteiger partial charge < -0.3 is 9.80 Å². The van der Waals surface area contributed by atoms with Gasteiger partial charge >= 0.3 is 0 Å². The Bertz CT molecular complexity index is 896. The molecule has 2 fully saturated rings. The van der Waals surface area contributed by atoms with Crippen LogP contribution in [0.25, 0.3) is 5.82 Å². The number of hydrogen-bond donors (Lipinski definition) is 0. The Morgan fingerprint density at radius 3 is 2.27 bits per heavy atom. The number of anilines is 2. The van der Waals surface area contributed by atoms with Crippen LogP contribution in [0.5, 0.6) is 0 Å². The molecule has 5 heterocycles. The lowest BCUT2D eigenvalue weighted by molar-refractivity contribution is 0.533. The SMILES string of the molecule is Cc1cc(N2CC3CN(c4cncc(-n5cncn5)n4)CC3C2)ncn1. The van der Waals surface area contributed by atoms with Gasteiger partial charge in [0, 0.05) is 49.8 Å². The molecule has 2 unspecified atom stereocenters. The number of aryl methyl sites for hydroxylation is 1. The van der Waals surface area contributed by atoms with Gasteiger partial charge in [0.2, 0.25) is 0 Å². The Labute approximate surface area is 150 Å². The van der Waals surface area contributed by atoms with Crippen LogP contribution in [0.1, 0.15) is 5.69 Å². The van der Waals surface area contributed by atoms with Gasteiger partial charge in [0.15, 0.2) is 5.82 Å². The van der Waals surface area contributed by atoms with Crippen LogP contribution in [-0.2, 0) is 0 Å². The predicted octanol–water partition coefficient (Wildman–Crippen LogP) is 0.728. The highest BCUT2D eigenvalue weighted by Gasteiger charge is 2.41. The third-order valence-electron chi connectivity index (χ3n) is 5.19. The van der Waals surface area contributed by atoms with Gasteiger partial charge in [-0.15, -0.1) is 0 Å². The topological polar surface area (TPSA) is 88.8 Å². The van der Waals surface area contributed by atoms with Crippen molar-refractivity contribution in [1.29, 1.82) is 0 Å². The van der Waals surface area contributed by atoms with E-state index < -0.39 is 0 Å². The summed E-state index contributed by atoms with van der Waals surface area (Å²) in [5.74, 6) is 3.85. The first kappa shape index (κ1) is 15.2. The highest BCUT2D eigenvalue weighted by molar-refractivity contribution is 5.45. The van der Waals surface area contributed by atoms with E-state index in [1.807, 2.05) is 13.1 Å². The summed E-state index contributed by atoms with van der Waals surface area (Å²) in [5.41, 5.74) is 1.01. The molecule has 2 atom stereocenters. The average Bonchev–Trinajstić information content (AvgIpc) is 3.38. The van der Waals surface area contributed by atoms with Gasteiger partial charge in [0.05, 0.1) is 12.4 Å². The van der Waals surface area contributed by atoms with E-state index in [4.69, 9.17) is 4.98 Å². The normalized spacial score (nSPS) is 22.0. The van der Waals surface area contributed by atoms with E-state index in [-0.39, 0.29) is 0 Å². The molecule has 3 aromatic rings. The maximum atomic E-state index is 4.70. The van der Waals surface area contributed by atoms with Crippen molar-refractivity contribution in [3.8, 4) is 5.82 Å².